The molecule has 0 saturated carbocycles. The Morgan fingerprint density at radius 3 is 2.26 bits per heavy atom. The van der Waals surface area contributed by atoms with Crippen molar-refractivity contribution in [3.8, 4) is 5.75 Å². The summed E-state index contributed by atoms with van der Waals surface area (Å²) >= 11 is 0. The van der Waals surface area contributed by atoms with Crippen LogP contribution in [-0.2, 0) is 16.0 Å². The number of benzene rings is 1. The Balaban J connectivity index is 2.61. The molecule has 1 unspecified atom stereocenters. The molecule has 5 N–H and O–H groups in total. The lowest BCUT2D eigenvalue weighted by Gasteiger charge is -2.10. The molecule has 0 radical (unpaired) electrons. The predicted octanol–water partition coefficient (Wildman–Crippen LogP) is 0.284. The third-order valence-electron chi connectivity index (χ3n) is 2.66. The van der Waals surface area contributed by atoms with E-state index in [4.69, 9.17) is 21.3 Å². The zero-order chi connectivity index (χ0) is 14.4. The number of carbonyl (C=O) groups is 2. The van der Waals surface area contributed by atoms with E-state index in [0.717, 1.165) is 5.56 Å². The Kier molecular flexibility index (Phi) is 5.47. The maximum absolute atomic E-state index is 11.5. The van der Waals surface area contributed by atoms with Gasteiger partial charge in [0.2, 0.25) is 0 Å². The van der Waals surface area contributed by atoms with Crippen LogP contribution in [0.2, 0.25) is 0 Å². The number of carboxylic acid groups (broad SMARTS) is 1. The fourth-order valence-electron chi connectivity index (χ4n) is 1.39. The maximum Gasteiger partial charge on any atom is 0.328 e. The summed E-state index contributed by atoms with van der Waals surface area (Å²) in [6.45, 7) is 1.79. The molecule has 19 heavy (non-hydrogen) atoms. The van der Waals surface area contributed by atoms with Gasteiger partial charge < -0.3 is 21.3 Å². The maximum atomic E-state index is 11.5. The van der Waals surface area contributed by atoms with Crippen molar-refractivity contribution in [1.82, 2.24) is 0 Å². The van der Waals surface area contributed by atoms with Gasteiger partial charge in [-0.05, 0) is 30.5 Å². The van der Waals surface area contributed by atoms with Gasteiger partial charge in [0.25, 0.3) is 0 Å². The van der Waals surface area contributed by atoms with E-state index in [1.54, 1.807) is 31.2 Å². The van der Waals surface area contributed by atoms with Gasteiger partial charge in [-0.1, -0.05) is 19.1 Å². The number of esters is 1. The van der Waals surface area contributed by atoms with Gasteiger partial charge in [0.05, 0.1) is 0 Å². The summed E-state index contributed by atoms with van der Waals surface area (Å²) in [5.74, 6) is -1.16. The molecular formula is C13H18N2O4. The van der Waals surface area contributed by atoms with Crippen molar-refractivity contribution in [1.29, 1.82) is 0 Å². The van der Waals surface area contributed by atoms with Crippen molar-refractivity contribution in [2.75, 3.05) is 0 Å². The minimum atomic E-state index is -1.05. The molecule has 0 aliphatic heterocycles. The predicted molar refractivity (Wildman–Crippen MR) is 69.7 cm³/mol. The highest BCUT2D eigenvalue weighted by molar-refractivity contribution is 5.77. The van der Waals surface area contributed by atoms with Crippen LogP contribution in [0.4, 0.5) is 0 Å². The number of hydrogen-bond acceptors (Lipinski definition) is 5. The van der Waals surface area contributed by atoms with E-state index in [9.17, 15) is 9.59 Å². The molecular weight excluding hydrogens is 248 g/mol. The van der Waals surface area contributed by atoms with Crippen LogP contribution in [-0.4, -0.2) is 29.1 Å². The van der Waals surface area contributed by atoms with E-state index in [2.05, 4.69) is 0 Å². The number of rotatable bonds is 6. The second kappa shape index (κ2) is 6.86. The molecule has 6 heteroatoms. The van der Waals surface area contributed by atoms with Gasteiger partial charge in [-0.25, -0.2) is 4.79 Å². The molecule has 0 saturated heterocycles. The largest absolute Gasteiger partial charge is 0.480 e. The van der Waals surface area contributed by atoms with Crippen molar-refractivity contribution >= 4 is 11.9 Å². The highest BCUT2D eigenvalue weighted by atomic mass is 16.5. The lowest BCUT2D eigenvalue weighted by atomic mass is 10.1. The number of hydrogen-bond donors (Lipinski definition) is 3. The minimum Gasteiger partial charge on any atom is -0.480 e. The highest BCUT2D eigenvalue weighted by Crippen LogP contribution is 2.14. The second-order valence-electron chi connectivity index (χ2n) is 4.23. The van der Waals surface area contributed by atoms with Gasteiger partial charge >= 0.3 is 11.9 Å². The molecule has 0 amide bonds. The standard InChI is InChI=1S/C13H18N2O4/c1-2-10(14)13(18)19-9-5-3-8(4-6-9)7-11(15)12(16)17/h3-6,10-11H,2,7,14-15H2,1H3,(H,16,17)/t10?,11-/m0/s1. The van der Waals surface area contributed by atoms with E-state index in [1.165, 1.54) is 0 Å². The molecule has 1 aromatic rings. The third kappa shape index (κ3) is 4.69. The topological polar surface area (TPSA) is 116 Å². The average molecular weight is 266 g/mol. The molecule has 0 spiro atoms. The first kappa shape index (κ1) is 15.1. The summed E-state index contributed by atoms with van der Waals surface area (Å²) < 4.78 is 5.06. The zero-order valence-electron chi connectivity index (χ0n) is 10.7. The Hall–Kier alpha value is -1.92. The van der Waals surface area contributed by atoms with Crippen LogP contribution in [0, 0.1) is 0 Å². The average Bonchev–Trinajstić information content (AvgIpc) is 2.39. The van der Waals surface area contributed by atoms with Gasteiger partial charge in [-0.2, -0.15) is 0 Å². The number of aliphatic carboxylic acids is 1. The number of carboxylic acids is 1. The van der Waals surface area contributed by atoms with Gasteiger partial charge in [-0.15, -0.1) is 0 Å². The normalized spacial score (nSPS) is 13.6. The Labute approximate surface area is 111 Å². The van der Waals surface area contributed by atoms with E-state index in [-0.39, 0.29) is 6.42 Å². The van der Waals surface area contributed by atoms with Gasteiger partial charge in [0, 0.05) is 0 Å². The van der Waals surface area contributed by atoms with Gasteiger partial charge in [-0.3, -0.25) is 4.79 Å². The van der Waals surface area contributed by atoms with Crippen molar-refractivity contribution in [2.24, 2.45) is 11.5 Å². The quantitative estimate of drug-likeness (QED) is 0.503. The summed E-state index contributed by atoms with van der Waals surface area (Å²) in [6, 6.07) is 4.93. The summed E-state index contributed by atoms with van der Waals surface area (Å²) in [7, 11) is 0. The summed E-state index contributed by atoms with van der Waals surface area (Å²) in [6.07, 6.45) is 0.725. The zero-order valence-corrected chi connectivity index (χ0v) is 10.7. The smallest absolute Gasteiger partial charge is 0.328 e. The molecule has 2 atom stereocenters. The number of nitrogens with two attached hydrogens (primary N) is 2. The van der Waals surface area contributed by atoms with Gasteiger partial charge in [0.1, 0.15) is 17.8 Å². The molecule has 0 aliphatic rings. The first-order valence-electron chi connectivity index (χ1n) is 5.98. The molecule has 1 aromatic carbocycles. The van der Waals surface area contributed by atoms with Crippen molar-refractivity contribution in [3.05, 3.63) is 29.8 Å². The van der Waals surface area contributed by atoms with E-state index in [0.29, 0.717) is 12.2 Å². The van der Waals surface area contributed by atoms with Gasteiger partial charge in [0.15, 0.2) is 0 Å². The van der Waals surface area contributed by atoms with Crippen LogP contribution in [0.1, 0.15) is 18.9 Å². The first-order chi connectivity index (χ1) is 8.93. The van der Waals surface area contributed by atoms with Crippen molar-refractivity contribution < 1.29 is 19.4 Å². The van der Waals surface area contributed by atoms with Crippen molar-refractivity contribution in [3.63, 3.8) is 0 Å². The third-order valence-corrected chi connectivity index (χ3v) is 2.66. The Morgan fingerprint density at radius 2 is 1.79 bits per heavy atom. The Morgan fingerprint density at radius 1 is 1.21 bits per heavy atom. The van der Waals surface area contributed by atoms with Crippen LogP contribution >= 0.6 is 0 Å². The summed E-state index contributed by atoms with van der Waals surface area (Å²) in [4.78, 5) is 22.1. The summed E-state index contributed by atoms with van der Waals surface area (Å²) in [5.41, 5.74) is 11.7. The minimum absolute atomic E-state index is 0.220. The lowest BCUT2D eigenvalue weighted by Crippen LogP contribution is -2.33. The molecule has 1 rings (SSSR count). The fourth-order valence-corrected chi connectivity index (χ4v) is 1.39. The van der Waals surface area contributed by atoms with E-state index >= 15 is 0 Å². The monoisotopic (exact) mass is 266 g/mol. The van der Waals surface area contributed by atoms with E-state index in [1.807, 2.05) is 0 Å². The molecule has 0 aliphatic carbocycles. The lowest BCUT2D eigenvalue weighted by molar-refractivity contribution is -0.138. The van der Waals surface area contributed by atoms with E-state index < -0.39 is 24.0 Å². The first-order valence-corrected chi connectivity index (χ1v) is 5.98. The molecule has 0 heterocycles. The van der Waals surface area contributed by atoms with Crippen LogP contribution in [0.15, 0.2) is 24.3 Å². The van der Waals surface area contributed by atoms with Crippen LogP contribution in [0.3, 0.4) is 0 Å². The molecule has 0 fully saturated rings. The SMILES string of the molecule is CCC(N)C(=O)Oc1ccc(C[C@H](N)C(=O)O)cc1. The summed E-state index contributed by atoms with van der Waals surface area (Å²) in [5, 5.41) is 8.70. The number of carbonyl (C=O) groups excluding carboxylic acids is 1. The van der Waals surface area contributed by atoms with Crippen molar-refractivity contribution in [2.45, 2.75) is 31.8 Å². The molecule has 6 nitrogen and oxygen atoms in total. The van der Waals surface area contributed by atoms with Crippen LogP contribution < -0.4 is 16.2 Å². The fraction of sp³-hybridized carbons (Fsp3) is 0.385. The number of ether oxygens (including phenoxy) is 1. The molecule has 0 bridgehead atoms. The van der Waals surface area contributed by atoms with Crippen LogP contribution in [0.5, 0.6) is 5.75 Å². The Bertz CT molecular complexity index is 444. The molecule has 104 valence electrons. The second-order valence-corrected chi connectivity index (χ2v) is 4.23. The highest BCUT2D eigenvalue weighted by Gasteiger charge is 2.14. The van der Waals surface area contributed by atoms with Crippen LogP contribution in [0.25, 0.3) is 0 Å². The molecule has 0 aromatic heterocycles.